The van der Waals surface area contributed by atoms with Crippen LogP contribution < -0.4 is 21.3 Å². The number of rotatable bonds is 8. The molecular weight excluding hydrogens is 476 g/mol. The highest BCUT2D eigenvalue weighted by molar-refractivity contribution is 7.92. The number of benzene rings is 2. The normalized spacial score (nSPS) is 11.2. The largest absolute Gasteiger partial charge is 0.454 e. The summed E-state index contributed by atoms with van der Waals surface area (Å²) in [6.07, 6.45) is 0. The molecule has 0 radical (unpaired) electrons. The average Bonchev–Trinajstić information content (AvgIpc) is 2.86. The molecule has 0 saturated heterocycles. The molecule has 1 heterocycles. The van der Waals surface area contributed by atoms with E-state index in [0.717, 1.165) is 10.6 Å². The number of para-hydroxylation sites is 1. The van der Waals surface area contributed by atoms with Gasteiger partial charge in [-0.2, -0.15) is 0 Å². The van der Waals surface area contributed by atoms with Crippen molar-refractivity contribution in [2.45, 2.75) is 11.8 Å². The molecule has 35 heavy (non-hydrogen) atoms. The van der Waals surface area contributed by atoms with Gasteiger partial charge in [0, 0.05) is 20.6 Å². The number of carbonyl (C=O) groups excluding carboxylic acids is 2. The Bertz CT molecular complexity index is 1510. The summed E-state index contributed by atoms with van der Waals surface area (Å²) in [5.41, 5.74) is 3.99. The molecule has 0 amide bonds. The van der Waals surface area contributed by atoms with Gasteiger partial charge in [0.05, 0.1) is 16.1 Å². The molecule has 0 fully saturated rings. The number of nitrogen functional groups attached to an aromatic ring is 1. The molecule has 184 valence electrons. The van der Waals surface area contributed by atoms with Crippen molar-refractivity contribution in [2.24, 2.45) is 14.1 Å². The first-order valence-electron chi connectivity index (χ1n) is 10.4. The maximum absolute atomic E-state index is 13.2. The monoisotopic (exact) mass is 500 g/mol. The van der Waals surface area contributed by atoms with Gasteiger partial charge in [-0.1, -0.05) is 24.3 Å². The molecule has 0 aliphatic carbocycles. The molecule has 0 spiro atoms. The number of sulfonamides is 1. The second kappa shape index (κ2) is 9.97. The van der Waals surface area contributed by atoms with Gasteiger partial charge in [-0.25, -0.2) is 18.0 Å². The lowest BCUT2D eigenvalue weighted by atomic mass is 10.2. The van der Waals surface area contributed by atoms with E-state index < -0.39 is 45.2 Å². The summed E-state index contributed by atoms with van der Waals surface area (Å²) in [4.78, 5) is 49.2. The Kier molecular flexibility index (Phi) is 7.25. The summed E-state index contributed by atoms with van der Waals surface area (Å²) >= 11 is 0. The summed E-state index contributed by atoms with van der Waals surface area (Å²) in [7, 11) is -1.51. The van der Waals surface area contributed by atoms with Crippen LogP contribution in [0.3, 0.4) is 0 Å². The summed E-state index contributed by atoms with van der Waals surface area (Å²) in [6.45, 7) is 1.01. The van der Waals surface area contributed by atoms with Crippen LogP contribution in [0.15, 0.2) is 69.1 Å². The first-order chi connectivity index (χ1) is 16.5. The number of hydrogen-bond acceptors (Lipinski definition) is 8. The zero-order valence-corrected chi connectivity index (χ0v) is 20.1. The van der Waals surface area contributed by atoms with Crippen molar-refractivity contribution in [3.63, 3.8) is 0 Å². The maximum Gasteiger partial charge on any atom is 0.338 e. The van der Waals surface area contributed by atoms with Gasteiger partial charge >= 0.3 is 11.7 Å². The minimum Gasteiger partial charge on any atom is -0.454 e. The number of aromatic nitrogens is 2. The third kappa shape index (κ3) is 4.87. The summed E-state index contributed by atoms with van der Waals surface area (Å²) in [5, 5.41) is 0. The number of nitrogens with two attached hydrogens (primary N) is 1. The Morgan fingerprint density at radius 3 is 2.29 bits per heavy atom. The van der Waals surface area contributed by atoms with E-state index in [0.29, 0.717) is 10.3 Å². The molecule has 2 aromatic carbocycles. The number of nitrogens with zero attached hydrogens (tertiary/aromatic N) is 3. The van der Waals surface area contributed by atoms with Crippen LogP contribution in [0.2, 0.25) is 0 Å². The van der Waals surface area contributed by atoms with Crippen LogP contribution in [-0.2, 0) is 28.9 Å². The van der Waals surface area contributed by atoms with Crippen molar-refractivity contribution in [3.05, 3.63) is 86.6 Å². The second-order valence-electron chi connectivity index (χ2n) is 7.50. The van der Waals surface area contributed by atoms with Crippen LogP contribution in [0.1, 0.15) is 27.6 Å². The molecule has 0 aliphatic rings. The molecule has 0 unspecified atom stereocenters. The fourth-order valence-corrected chi connectivity index (χ4v) is 4.93. The number of hydrogen-bond donors (Lipinski definition) is 1. The SMILES string of the molecule is CCN(c1ccccc1)S(=O)(=O)c1cccc(C(=O)OCC(=O)c2c(N)n(C)c(=O)n(C)c2=O)c1. The molecule has 1 aromatic heterocycles. The molecule has 0 bridgehead atoms. The van der Waals surface area contributed by atoms with E-state index in [1.54, 1.807) is 37.3 Å². The van der Waals surface area contributed by atoms with Crippen molar-refractivity contribution in [3.8, 4) is 0 Å². The van der Waals surface area contributed by atoms with Crippen molar-refractivity contribution in [1.82, 2.24) is 9.13 Å². The Hall–Kier alpha value is -4.19. The highest BCUT2D eigenvalue weighted by Crippen LogP contribution is 2.24. The summed E-state index contributed by atoms with van der Waals surface area (Å²) in [6, 6.07) is 13.7. The molecule has 3 rings (SSSR count). The summed E-state index contributed by atoms with van der Waals surface area (Å²) in [5.74, 6) is -2.23. The van der Waals surface area contributed by atoms with E-state index in [4.69, 9.17) is 10.5 Å². The number of ketones is 1. The second-order valence-corrected chi connectivity index (χ2v) is 9.36. The molecule has 0 saturated carbocycles. The standard InChI is InChI=1S/C23H24N4O7S/c1-4-27(16-10-6-5-7-11-16)35(32,33)17-12-8-9-15(13-17)22(30)34-14-18(28)19-20(24)25(2)23(31)26(3)21(19)29/h5-13H,4,14,24H2,1-3H3. The zero-order chi connectivity index (χ0) is 25.9. The summed E-state index contributed by atoms with van der Waals surface area (Å²) < 4.78 is 34.2. The molecule has 0 atom stereocenters. The number of Topliss-reactive ketones (excluding diaryl/α,β-unsaturated/α-hetero) is 1. The van der Waals surface area contributed by atoms with E-state index in [9.17, 15) is 27.6 Å². The Morgan fingerprint density at radius 1 is 1.00 bits per heavy atom. The van der Waals surface area contributed by atoms with Gasteiger partial charge in [0.2, 0.25) is 5.78 Å². The maximum atomic E-state index is 13.2. The smallest absolute Gasteiger partial charge is 0.338 e. The van der Waals surface area contributed by atoms with Crippen molar-refractivity contribution < 1.29 is 22.7 Å². The first kappa shape index (κ1) is 25.4. The molecule has 11 nitrogen and oxygen atoms in total. The lowest BCUT2D eigenvalue weighted by molar-refractivity contribution is 0.0474. The minimum atomic E-state index is -3.99. The van der Waals surface area contributed by atoms with E-state index in [1.807, 2.05) is 0 Å². The van der Waals surface area contributed by atoms with Gasteiger partial charge in [0.25, 0.3) is 15.6 Å². The number of carbonyl (C=O) groups is 2. The van der Waals surface area contributed by atoms with Gasteiger partial charge in [0.15, 0.2) is 6.61 Å². The van der Waals surface area contributed by atoms with E-state index in [-0.39, 0.29) is 22.8 Å². The fourth-order valence-electron chi connectivity index (χ4n) is 3.40. The Balaban J connectivity index is 1.84. The third-order valence-electron chi connectivity index (χ3n) is 5.31. The topological polar surface area (TPSA) is 151 Å². The van der Waals surface area contributed by atoms with E-state index >= 15 is 0 Å². The van der Waals surface area contributed by atoms with Crippen LogP contribution in [-0.4, -0.2) is 42.5 Å². The van der Waals surface area contributed by atoms with Gasteiger partial charge in [-0.15, -0.1) is 0 Å². The number of esters is 1. The van der Waals surface area contributed by atoms with Crippen molar-refractivity contribution in [2.75, 3.05) is 23.2 Å². The average molecular weight is 501 g/mol. The van der Waals surface area contributed by atoms with Gasteiger partial charge in [0.1, 0.15) is 11.4 Å². The Morgan fingerprint density at radius 2 is 1.66 bits per heavy atom. The van der Waals surface area contributed by atoms with E-state index in [2.05, 4.69) is 0 Å². The van der Waals surface area contributed by atoms with Crippen molar-refractivity contribution >= 4 is 33.3 Å². The molecular formula is C23H24N4O7S. The number of ether oxygens (including phenoxy) is 1. The van der Waals surface area contributed by atoms with Crippen LogP contribution in [0, 0.1) is 0 Å². The fraction of sp³-hybridized carbons (Fsp3) is 0.217. The van der Waals surface area contributed by atoms with Gasteiger partial charge in [-0.05, 0) is 37.3 Å². The molecule has 3 aromatic rings. The van der Waals surface area contributed by atoms with Crippen LogP contribution in [0.25, 0.3) is 0 Å². The number of anilines is 2. The first-order valence-corrected chi connectivity index (χ1v) is 11.9. The lowest BCUT2D eigenvalue weighted by Crippen LogP contribution is -2.42. The van der Waals surface area contributed by atoms with Crippen LogP contribution in [0.5, 0.6) is 0 Å². The Labute approximate surface area is 201 Å². The molecule has 0 aliphatic heterocycles. The van der Waals surface area contributed by atoms with Gasteiger partial charge in [-0.3, -0.25) is 23.0 Å². The van der Waals surface area contributed by atoms with Crippen LogP contribution in [0.4, 0.5) is 11.5 Å². The minimum absolute atomic E-state index is 0.107. The molecule has 12 heteroatoms. The predicted molar refractivity (Wildman–Crippen MR) is 129 cm³/mol. The lowest BCUT2D eigenvalue weighted by Gasteiger charge is -2.23. The predicted octanol–water partition coefficient (Wildman–Crippen LogP) is 0.921. The van der Waals surface area contributed by atoms with E-state index in [1.165, 1.54) is 36.6 Å². The van der Waals surface area contributed by atoms with Crippen molar-refractivity contribution in [1.29, 1.82) is 0 Å². The van der Waals surface area contributed by atoms with Gasteiger partial charge < -0.3 is 10.5 Å². The zero-order valence-electron chi connectivity index (χ0n) is 19.3. The highest BCUT2D eigenvalue weighted by Gasteiger charge is 2.25. The molecule has 2 N–H and O–H groups in total. The quantitative estimate of drug-likeness (QED) is 0.354. The van der Waals surface area contributed by atoms with Crippen LogP contribution >= 0.6 is 0 Å². The highest BCUT2D eigenvalue weighted by atomic mass is 32.2. The third-order valence-corrected chi connectivity index (χ3v) is 7.21.